The molecule has 1 aromatic carbocycles. The van der Waals surface area contributed by atoms with Gasteiger partial charge >= 0.3 is 0 Å². The molecule has 0 unspecified atom stereocenters. The van der Waals surface area contributed by atoms with E-state index in [4.69, 9.17) is 69.6 Å². The SMILES string of the molecule is CCCN(CCC)c1ccc(-c2nc(C(Cl)(Cl)Cl)nc(C(Cl)(Cl)Cl)n2)cc1Br. The smallest absolute Gasteiger partial charge is 0.250 e. The third-order valence-electron chi connectivity index (χ3n) is 3.68. The summed E-state index contributed by atoms with van der Waals surface area (Å²) in [6, 6.07) is 5.74. The Balaban J connectivity index is 2.54. The van der Waals surface area contributed by atoms with Gasteiger partial charge in [0, 0.05) is 23.1 Å². The molecule has 0 spiro atoms. The summed E-state index contributed by atoms with van der Waals surface area (Å²) < 4.78 is -2.89. The fraction of sp³-hybridized carbons (Fsp3) is 0.471. The quantitative estimate of drug-likeness (QED) is 0.336. The molecule has 0 saturated heterocycles. The fourth-order valence-corrected chi connectivity index (χ4v) is 3.69. The van der Waals surface area contributed by atoms with E-state index in [0.29, 0.717) is 5.56 Å². The molecule has 0 N–H and O–H groups in total. The van der Waals surface area contributed by atoms with Crippen LogP contribution in [0, 0.1) is 0 Å². The highest BCUT2D eigenvalue weighted by Gasteiger charge is 2.34. The van der Waals surface area contributed by atoms with Crippen molar-refractivity contribution in [1.82, 2.24) is 15.0 Å². The van der Waals surface area contributed by atoms with Gasteiger partial charge in [0.2, 0.25) is 7.59 Å². The maximum absolute atomic E-state index is 5.94. The van der Waals surface area contributed by atoms with Gasteiger partial charge in [-0.3, -0.25) is 0 Å². The molecule has 0 atom stereocenters. The first-order valence-corrected chi connectivity index (χ1v) is 11.5. The van der Waals surface area contributed by atoms with Gasteiger partial charge in [-0.1, -0.05) is 83.5 Å². The zero-order valence-electron chi connectivity index (χ0n) is 15.0. The molecule has 28 heavy (non-hydrogen) atoms. The summed E-state index contributed by atoms with van der Waals surface area (Å²) in [7, 11) is 0. The summed E-state index contributed by atoms with van der Waals surface area (Å²) in [5.41, 5.74) is 1.74. The van der Waals surface area contributed by atoms with Gasteiger partial charge in [-0.05, 0) is 47.0 Å². The van der Waals surface area contributed by atoms with E-state index in [1.807, 2.05) is 18.2 Å². The predicted octanol–water partition coefficient (Wildman–Crippen LogP) is 7.58. The molecule has 11 heteroatoms. The lowest BCUT2D eigenvalue weighted by Gasteiger charge is -2.25. The number of halogens is 7. The average molecular weight is 570 g/mol. The van der Waals surface area contributed by atoms with Crippen LogP contribution in [-0.2, 0) is 7.59 Å². The largest absolute Gasteiger partial charge is 0.371 e. The standard InChI is InChI=1S/C17H17BrCl6N4/c1-3-7-28(8-4-2)12-6-5-10(9-11(12)18)13-25-14(16(19,20)21)27-15(26-13)17(22,23)24/h5-6,9H,3-4,7-8H2,1-2H3. The van der Waals surface area contributed by atoms with Crippen LogP contribution in [0.15, 0.2) is 22.7 Å². The van der Waals surface area contributed by atoms with Gasteiger partial charge in [-0.2, -0.15) is 0 Å². The van der Waals surface area contributed by atoms with Crippen molar-refractivity contribution in [2.24, 2.45) is 0 Å². The molecular weight excluding hydrogens is 553 g/mol. The average Bonchev–Trinajstić information content (AvgIpc) is 2.59. The predicted molar refractivity (Wildman–Crippen MR) is 124 cm³/mol. The first-order chi connectivity index (χ1) is 13.0. The van der Waals surface area contributed by atoms with Gasteiger partial charge < -0.3 is 4.90 Å². The van der Waals surface area contributed by atoms with E-state index in [2.05, 4.69) is 49.6 Å². The minimum absolute atomic E-state index is 0.123. The van der Waals surface area contributed by atoms with Crippen molar-refractivity contribution in [1.29, 1.82) is 0 Å². The number of alkyl halides is 6. The van der Waals surface area contributed by atoms with E-state index in [0.717, 1.165) is 36.1 Å². The molecule has 0 amide bonds. The fourth-order valence-electron chi connectivity index (χ4n) is 2.55. The molecule has 2 aromatic rings. The van der Waals surface area contributed by atoms with Crippen molar-refractivity contribution in [3.63, 3.8) is 0 Å². The molecule has 0 fully saturated rings. The highest BCUT2D eigenvalue weighted by molar-refractivity contribution is 9.10. The molecule has 0 saturated carbocycles. The number of hydrogen-bond donors (Lipinski definition) is 0. The van der Waals surface area contributed by atoms with Crippen LogP contribution < -0.4 is 4.90 Å². The van der Waals surface area contributed by atoms with Gasteiger partial charge in [0.25, 0.3) is 0 Å². The van der Waals surface area contributed by atoms with Crippen molar-refractivity contribution in [3.8, 4) is 11.4 Å². The summed E-state index contributed by atoms with van der Waals surface area (Å²) >= 11 is 39.3. The number of anilines is 1. The maximum atomic E-state index is 5.94. The molecule has 4 nitrogen and oxygen atoms in total. The third kappa shape index (κ3) is 6.37. The summed E-state index contributed by atoms with van der Waals surface area (Å²) in [5, 5.41) is 0. The number of aromatic nitrogens is 3. The van der Waals surface area contributed by atoms with Crippen molar-refractivity contribution in [2.45, 2.75) is 34.3 Å². The monoisotopic (exact) mass is 566 g/mol. The topological polar surface area (TPSA) is 41.9 Å². The zero-order valence-corrected chi connectivity index (χ0v) is 21.1. The first-order valence-electron chi connectivity index (χ1n) is 8.42. The van der Waals surface area contributed by atoms with Crippen LogP contribution in [0.2, 0.25) is 0 Å². The van der Waals surface area contributed by atoms with Crippen LogP contribution in [0.5, 0.6) is 0 Å². The second-order valence-corrected chi connectivity index (χ2v) is 11.4. The van der Waals surface area contributed by atoms with Crippen molar-refractivity contribution in [3.05, 3.63) is 34.3 Å². The molecule has 0 bridgehead atoms. The van der Waals surface area contributed by atoms with E-state index >= 15 is 0 Å². The molecule has 1 aromatic heterocycles. The van der Waals surface area contributed by atoms with Crippen molar-refractivity contribution in [2.75, 3.05) is 18.0 Å². The minimum atomic E-state index is -1.89. The summed E-state index contributed by atoms with van der Waals surface area (Å²) in [6.45, 7) is 6.19. The molecule has 0 aliphatic rings. The Hall–Kier alpha value is 0.250. The Kier molecular flexibility index (Phi) is 8.79. The Labute approximate surface area is 203 Å². The number of benzene rings is 1. The van der Waals surface area contributed by atoms with E-state index in [1.165, 1.54) is 0 Å². The highest BCUT2D eigenvalue weighted by Crippen LogP contribution is 2.41. The summed E-state index contributed by atoms with van der Waals surface area (Å²) in [6.07, 6.45) is 2.09. The molecule has 0 aliphatic carbocycles. The lowest BCUT2D eigenvalue weighted by atomic mass is 10.1. The highest BCUT2D eigenvalue weighted by atomic mass is 79.9. The normalized spacial score (nSPS) is 12.3. The van der Waals surface area contributed by atoms with Crippen LogP contribution >= 0.6 is 85.5 Å². The second kappa shape index (κ2) is 10.0. The molecular formula is C17H17BrCl6N4. The number of rotatable bonds is 6. The molecule has 0 radical (unpaired) electrons. The summed E-state index contributed by atoms with van der Waals surface area (Å²) in [5.74, 6) is -0.00679. The maximum Gasteiger partial charge on any atom is 0.250 e. The van der Waals surface area contributed by atoms with Gasteiger partial charge in [0.15, 0.2) is 17.5 Å². The Bertz CT molecular complexity index is 784. The zero-order chi connectivity index (χ0) is 21.1. The minimum Gasteiger partial charge on any atom is -0.371 e. The Morgan fingerprint density at radius 2 is 1.36 bits per heavy atom. The molecule has 0 aliphatic heterocycles. The van der Waals surface area contributed by atoms with Gasteiger partial charge in [-0.15, -0.1) is 0 Å². The van der Waals surface area contributed by atoms with Gasteiger partial charge in [0.05, 0.1) is 5.69 Å². The summed E-state index contributed by atoms with van der Waals surface area (Å²) in [4.78, 5) is 14.8. The van der Waals surface area contributed by atoms with E-state index in [-0.39, 0.29) is 17.5 Å². The van der Waals surface area contributed by atoms with E-state index in [1.54, 1.807) is 0 Å². The Morgan fingerprint density at radius 3 is 1.75 bits per heavy atom. The van der Waals surface area contributed by atoms with Gasteiger partial charge in [-0.25, -0.2) is 15.0 Å². The van der Waals surface area contributed by atoms with Crippen LogP contribution in [0.25, 0.3) is 11.4 Å². The van der Waals surface area contributed by atoms with E-state index in [9.17, 15) is 0 Å². The van der Waals surface area contributed by atoms with Crippen LogP contribution in [0.1, 0.15) is 38.3 Å². The molecule has 2 rings (SSSR count). The third-order valence-corrected chi connectivity index (χ3v) is 5.33. The molecule has 154 valence electrons. The first kappa shape index (κ1) is 24.5. The van der Waals surface area contributed by atoms with Crippen LogP contribution in [-0.4, -0.2) is 28.0 Å². The van der Waals surface area contributed by atoms with Crippen molar-refractivity contribution < 1.29 is 0 Å². The van der Waals surface area contributed by atoms with Crippen molar-refractivity contribution >= 4 is 91.2 Å². The Morgan fingerprint density at radius 1 is 0.857 bits per heavy atom. The molecule has 1 heterocycles. The van der Waals surface area contributed by atoms with E-state index < -0.39 is 7.59 Å². The second-order valence-electron chi connectivity index (χ2n) is 5.95. The lowest BCUT2D eigenvalue weighted by molar-refractivity contribution is 0.743. The van der Waals surface area contributed by atoms with Gasteiger partial charge in [0.1, 0.15) is 0 Å². The number of nitrogens with zero attached hydrogens (tertiary/aromatic N) is 4. The lowest BCUT2D eigenvalue weighted by Crippen LogP contribution is -2.25. The van der Waals surface area contributed by atoms with Crippen LogP contribution in [0.4, 0.5) is 5.69 Å². The number of hydrogen-bond acceptors (Lipinski definition) is 4. The van der Waals surface area contributed by atoms with Crippen LogP contribution in [0.3, 0.4) is 0 Å².